The van der Waals surface area contributed by atoms with E-state index in [1.165, 1.54) is 4.31 Å². The summed E-state index contributed by atoms with van der Waals surface area (Å²) < 4.78 is 27.6. The minimum Gasteiger partial charge on any atom is -0.481 e. The average molecular weight is 481 g/mol. The number of nitrogens with zero attached hydrogens (tertiary/aromatic N) is 2. The number of aliphatic carboxylic acids is 3. The van der Waals surface area contributed by atoms with Gasteiger partial charge in [-0.15, -0.1) is 0 Å². The molecule has 0 aliphatic carbocycles. The van der Waals surface area contributed by atoms with E-state index in [1.807, 2.05) is 11.8 Å². The fraction of sp³-hybridized carbons (Fsp3) is 0.438. The van der Waals surface area contributed by atoms with Crippen molar-refractivity contribution in [3.63, 3.8) is 0 Å². The molecule has 0 radical (unpaired) electrons. The average Bonchev–Trinajstić information content (AvgIpc) is 2.63. The first-order valence-corrected chi connectivity index (χ1v) is 10.3. The summed E-state index contributed by atoms with van der Waals surface area (Å²) >= 11 is 3.37. The number of piperazine rings is 1. The fourth-order valence-corrected chi connectivity index (χ4v) is 4.13. The quantitative estimate of drug-likeness (QED) is 0.516. The number of carboxylic acid groups (broad SMARTS) is 3. The van der Waals surface area contributed by atoms with Gasteiger partial charge in [0.25, 0.3) is 0 Å². The van der Waals surface area contributed by atoms with E-state index in [9.17, 15) is 13.2 Å². The molecule has 1 aromatic rings. The van der Waals surface area contributed by atoms with Crippen LogP contribution in [0, 0.1) is 6.92 Å². The normalized spacial score (nSPS) is 15.4. The Morgan fingerprint density at radius 2 is 1.57 bits per heavy atom. The molecule has 0 unspecified atom stereocenters. The fourth-order valence-electron chi connectivity index (χ4n) is 2.37. The molecule has 1 aromatic carbocycles. The second-order valence-corrected chi connectivity index (χ2v) is 8.70. The van der Waals surface area contributed by atoms with Crippen LogP contribution < -0.4 is 0 Å². The Balaban J connectivity index is 0.000000568. The summed E-state index contributed by atoms with van der Waals surface area (Å²) in [5, 5.41) is 23.5. The third kappa shape index (κ3) is 7.19. The molecule has 2 rings (SSSR count). The monoisotopic (exact) mass is 480 g/mol. The zero-order valence-corrected chi connectivity index (χ0v) is 17.4. The first kappa shape index (κ1) is 24.0. The molecular weight excluding hydrogens is 460 g/mol. The summed E-state index contributed by atoms with van der Waals surface area (Å²) in [5.74, 6) is -4.48. The van der Waals surface area contributed by atoms with Gasteiger partial charge in [-0.1, -0.05) is 15.9 Å². The third-order valence-corrected chi connectivity index (χ3v) is 6.71. The maximum absolute atomic E-state index is 12.6. The number of sulfonamides is 1. The molecule has 0 bridgehead atoms. The molecule has 1 aliphatic heterocycles. The van der Waals surface area contributed by atoms with Gasteiger partial charge in [0.15, 0.2) is 0 Å². The first-order valence-electron chi connectivity index (χ1n) is 8.11. The maximum Gasteiger partial charge on any atom is 0.414 e. The number of halogens is 1. The molecule has 12 heteroatoms. The Morgan fingerprint density at radius 1 is 1.04 bits per heavy atom. The smallest absolute Gasteiger partial charge is 0.414 e. The van der Waals surface area contributed by atoms with Crippen molar-refractivity contribution in [1.29, 1.82) is 0 Å². The second-order valence-electron chi connectivity index (χ2n) is 5.91. The number of rotatable bonds is 5. The molecule has 0 saturated carbocycles. The minimum atomic E-state index is -3.49. The lowest BCUT2D eigenvalue weighted by Gasteiger charge is -2.33. The maximum atomic E-state index is 12.6. The van der Waals surface area contributed by atoms with E-state index in [-0.39, 0.29) is 6.42 Å². The van der Waals surface area contributed by atoms with E-state index < -0.39 is 27.9 Å². The Morgan fingerprint density at radius 3 is 2.00 bits per heavy atom. The van der Waals surface area contributed by atoms with Gasteiger partial charge in [0.2, 0.25) is 10.0 Å². The van der Waals surface area contributed by atoms with E-state index in [1.54, 1.807) is 18.2 Å². The van der Waals surface area contributed by atoms with Gasteiger partial charge in [0, 0.05) is 37.2 Å². The summed E-state index contributed by atoms with van der Waals surface area (Å²) in [6.45, 7) is 4.20. The molecule has 0 atom stereocenters. The highest BCUT2D eigenvalue weighted by molar-refractivity contribution is 9.10. The highest BCUT2D eigenvalue weighted by Gasteiger charge is 2.28. The van der Waals surface area contributed by atoms with Gasteiger partial charge in [-0.2, -0.15) is 4.31 Å². The zero-order valence-electron chi connectivity index (χ0n) is 15.0. The number of hydrogen-bond donors (Lipinski definition) is 3. The van der Waals surface area contributed by atoms with Crippen molar-refractivity contribution < 1.29 is 38.1 Å². The highest BCUT2D eigenvalue weighted by atomic mass is 79.9. The summed E-state index contributed by atoms with van der Waals surface area (Å²) in [5.41, 5.74) is 0.876. The number of benzene rings is 1. The molecule has 0 amide bonds. The lowest BCUT2D eigenvalue weighted by molar-refractivity contribution is -0.159. The van der Waals surface area contributed by atoms with Crippen LogP contribution in [0.4, 0.5) is 0 Å². The minimum absolute atomic E-state index is 0.0820. The van der Waals surface area contributed by atoms with Crippen molar-refractivity contribution in [2.75, 3.05) is 32.7 Å². The van der Waals surface area contributed by atoms with Gasteiger partial charge >= 0.3 is 17.9 Å². The van der Waals surface area contributed by atoms with E-state index in [0.29, 0.717) is 37.6 Å². The summed E-state index contributed by atoms with van der Waals surface area (Å²) in [7, 11) is -3.49. The van der Waals surface area contributed by atoms with Crippen molar-refractivity contribution in [2.45, 2.75) is 18.2 Å². The lowest BCUT2D eigenvalue weighted by atomic mass is 10.2. The van der Waals surface area contributed by atoms with Crippen molar-refractivity contribution in [2.24, 2.45) is 0 Å². The largest absolute Gasteiger partial charge is 0.481 e. The van der Waals surface area contributed by atoms with Crippen LogP contribution >= 0.6 is 15.9 Å². The van der Waals surface area contributed by atoms with Gasteiger partial charge in [0.1, 0.15) is 0 Å². The van der Waals surface area contributed by atoms with Gasteiger partial charge in [-0.05, 0) is 30.7 Å². The molecule has 1 aliphatic rings. The van der Waals surface area contributed by atoms with Crippen LogP contribution in [0.2, 0.25) is 0 Å². The molecule has 156 valence electrons. The van der Waals surface area contributed by atoms with E-state index >= 15 is 0 Å². The van der Waals surface area contributed by atoms with Gasteiger partial charge < -0.3 is 20.2 Å². The molecule has 3 N–H and O–H groups in total. The Labute approximate surface area is 170 Å². The van der Waals surface area contributed by atoms with Crippen LogP contribution in [0.15, 0.2) is 27.6 Å². The standard InChI is InChI=1S/C14H19BrN2O4S.C2H2O4/c1-11-10-12(2-3-13(11)15)22(20,21)17-8-6-16(7-9-17)5-4-14(18)19;3-1(4)2(5)6/h2-3,10H,4-9H2,1H3,(H,18,19);(H,3,4)(H,5,6). The number of carboxylic acids is 3. The van der Waals surface area contributed by atoms with Crippen molar-refractivity contribution >= 4 is 43.9 Å². The van der Waals surface area contributed by atoms with Crippen LogP contribution in [-0.2, 0) is 24.4 Å². The SMILES string of the molecule is Cc1cc(S(=O)(=O)N2CCN(CCC(=O)O)CC2)ccc1Br.O=C(O)C(=O)O. The Hall–Kier alpha value is -2.02. The summed E-state index contributed by atoms with van der Waals surface area (Å²) in [6, 6.07) is 5.00. The van der Waals surface area contributed by atoms with E-state index in [4.69, 9.17) is 24.9 Å². The molecule has 0 spiro atoms. The second kappa shape index (κ2) is 10.5. The third-order valence-electron chi connectivity index (χ3n) is 3.92. The van der Waals surface area contributed by atoms with Crippen LogP contribution in [-0.4, -0.2) is 83.6 Å². The molecule has 1 heterocycles. The lowest BCUT2D eigenvalue weighted by Crippen LogP contribution is -2.48. The highest BCUT2D eigenvalue weighted by Crippen LogP contribution is 2.23. The van der Waals surface area contributed by atoms with Crippen molar-refractivity contribution in [3.8, 4) is 0 Å². The molecule has 1 saturated heterocycles. The predicted octanol–water partition coefficient (Wildman–Crippen LogP) is 0.694. The summed E-state index contributed by atoms with van der Waals surface area (Å²) in [6.07, 6.45) is 0.0820. The molecule has 28 heavy (non-hydrogen) atoms. The van der Waals surface area contributed by atoms with Crippen LogP contribution in [0.1, 0.15) is 12.0 Å². The van der Waals surface area contributed by atoms with Crippen LogP contribution in [0.3, 0.4) is 0 Å². The number of carbonyl (C=O) groups is 3. The molecule has 1 fully saturated rings. The van der Waals surface area contributed by atoms with E-state index in [0.717, 1.165) is 10.0 Å². The zero-order chi connectivity index (χ0) is 21.5. The topological polar surface area (TPSA) is 153 Å². The number of hydrogen-bond acceptors (Lipinski definition) is 6. The van der Waals surface area contributed by atoms with E-state index in [2.05, 4.69) is 15.9 Å². The molecule has 0 aromatic heterocycles. The Kier molecular flexibility index (Phi) is 9.01. The number of aryl methyl sites for hydroxylation is 1. The van der Waals surface area contributed by atoms with Crippen LogP contribution in [0.5, 0.6) is 0 Å². The van der Waals surface area contributed by atoms with Crippen LogP contribution in [0.25, 0.3) is 0 Å². The van der Waals surface area contributed by atoms with Gasteiger partial charge in [0.05, 0.1) is 11.3 Å². The van der Waals surface area contributed by atoms with Crippen molar-refractivity contribution in [3.05, 3.63) is 28.2 Å². The predicted molar refractivity (Wildman–Crippen MR) is 102 cm³/mol. The summed E-state index contributed by atoms with van der Waals surface area (Å²) in [4.78, 5) is 31.0. The molecular formula is C16H21BrN2O8S. The van der Waals surface area contributed by atoms with Crippen molar-refractivity contribution in [1.82, 2.24) is 9.21 Å². The molecule has 10 nitrogen and oxygen atoms in total. The Bertz CT molecular complexity index is 823. The van der Waals surface area contributed by atoms with Gasteiger partial charge in [-0.3, -0.25) is 4.79 Å². The van der Waals surface area contributed by atoms with Gasteiger partial charge in [-0.25, -0.2) is 18.0 Å². The first-order chi connectivity index (χ1) is 12.9.